The molecule has 0 bridgehead atoms. The Kier molecular flexibility index (Phi) is 11.3. The fourth-order valence-electron chi connectivity index (χ4n) is 3.18. The van der Waals surface area contributed by atoms with Gasteiger partial charge in [-0.1, -0.05) is 25.0 Å². The number of nitrogens with one attached hydrogen (secondary N) is 3. The molecule has 1 aromatic carbocycles. The lowest BCUT2D eigenvalue weighted by molar-refractivity contribution is -0.121. The number of carbonyl (C=O) groups excluding carboxylic acids is 1. The molecule has 0 aliphatic heterocycles. The Balaban J connectivity index is 0.00000364. The highest BCUT2D eigenvalue weighted by Crippen LogP contribution is 2.27. The van der Waals surface area contributed by atoms with Gasteiger partial charge in [-0.25, -0.2) is 9.38 Å². The molecule has 2 rings (SSSR count). The first-order chi connectivity index (χ1) is 12.6. The van der Waals surface area contributed by atoms with E-state index < -0.39 is 0 Å². The van der Waals surface area contributed by atoms with Gasteiger partial charge in [-0.2, -0.15) is 0 Å². The Morgan fingerprint density at radius 3 is 2.56 bits per heavy atom. The van der Waals surface area contributed by atoms with Crippen molar-refractivity contribution in [3.8, 4) is 0 Å². The van der Waals surface area contributed by atoms with Gasteiger partial charge in [-0.15, -0.1) is 24.0 Å². The summed E-state index contributed by atoms with van der Waals surface area (Å²) >= 11 is 0. The van der Waals surface area contributed by atoms with E-state index in [-0.39, 0.29) is 35.7 Å². The molecule has 1 aliphatic rings. The van der Waals surface area contributed by atoms with E-state index in [1.54, 1.807) is 13.0 Å². The first-order valence-corrected chi connectivity index (χ1v) is 9.62. The van der Waals surface area contributed by atoms with Crippen LogP contribution in [0.25, 0.3) is 0 Å². The van der Waals surface area contributed by atoms with Gasteiger partial charge in [-0.3, -0.25) is 4.79 Å². The number of nitrogens with zero attached hydrogens (tertiary/aromatic N) is 1. The molecule has 1 aliphatic carbocycles. The molecule has 0 saturated heterocycles. The molecule has 0 aromatic heterocycles. The second-order valence-corrected chi connectivity index (χ2v) is 6.91. The third-order valence-electron chi connectivity index (χ3n) is 4.69. The van der Waals surface area contributed by atoms with Crippen LogP contribution in [0.5, 0.6) is 0 Å². The highest BCUT2D eigenvalue weighted by atomic mass is 127. The van der Waals surface area contributed by atoms with Gasteiger partial charge < -0.3 is 16.0 Å². The smallest absolute Gasteiger partial charge is 0.220 e. The van der Waals surface area contributed by atoms with E-state index in [2.05, 4.69) is 20.9 Å². The molecule has 1 saturated carbocycles. The summed E-state index contributed by atoms with van der Waals surface area (Å²) in [7, 11) is 0. The summed E-state index contributed by atoms with van der Waals surface area (Å²) in [6.07, 6.45) is 5.53. The molecule has 1 amide bonds. The van der Waals surface area contributed by atoms with Crippen LogP contribution in [-0.4, -0.2) is 31.5 Å². The van der Waals surface area contributed by atoms with Crippen LogP contribution in [0.4, 0.5) is 4.39 Å². The van der Waals surface area contributed by atoms with Crippen molar-refractivity contribution in [2.75, 3.05) is 19.6 Å². The lowest BCUT2D eigenvalue weighted by Crippen LogP contribution is -2.41. The second-order valence-electron chi connectivity index (χ2n) is 6.91. The number of hydrogen-bond acceptors (Lipinski definition) is 2. The van der Waals surface area contributed by atoms with Crippen molar-refractivity contribution in [2.45, 2.75) is 52.5 Å². The third kappa shape index (κ3) is 8.90. The van der Waals surface area contributed by atoms with Crippen molar-refractivity contribution >= 4 is 35.8 Å². The highest BCUT2D eigenvalue weighted by Gasteiger charge is 2.17. The van der Waals surface area contributed by atoms with Crippen LogP contribution in [0.2, 0.25) is 0 Å². The van der Waals surface area contributed by atoms with Crippen molar-refractivity contribution in [1.29, 1.82) is 0 Å². The van der Waals surface area contributed by atoms with Gasteiger partial charge in [-0.05, 0) is 49.8 Å². The fraction of sp³-hybridized carbons (Fsp3) is 0.600. The molecule has 27 heavy (non-hydrogen) atoms. The van der Waals surface area contributed by atoms with Crippen LogP contribution < -0.4 is 16.0 Å². The van der Waals surface area contributed by atoms with Gasteiger partial charge >= 0.3 is 0 Å². The first kappa shape index (κ1) is 23.7. The molecule has 0 unspecified atom stereocenters. The number of aryl methyl sites for hydroxylation is 1. The van der Waals surface area contributed by atoms with Crippen LogP contribution in [0, 0.1) is 18.7 Å². The van der Waals surface area contributed by atoms with Crippen molar-refractivity contribution in [1.82, 2.24) is 16.0 Å². The number of rotatable bonds is 8. The van der Waals surface area contributed by atoms with Gasteiger partial charge in [0.15, 0.2) is 5.96 Å². The van der Waals surface area contributed by atoms with Crippen LogP contribution >= 0.6 is 24.0 Å². The van der Waals surface area contributed by atoms with Crippen LogP contribution in [0.1, 0.15) is 50.2 Å². The van der Waals surface area contributed by atoms with Crippen molar-refractivity contribution in [3.63, 3.8) is 0 Å². The minimum atomic E-state index is -0.208. The minimum Gasteiger partial charge on any atom is -0.357 e. The molecule has 0 spiro atoms. The molecular weight excluding hydrogens is 458 g/mol. The number of carbonyl (C=O) groups is 1. The zero-order valence-corrected chi connectivity index (χ0v) is 18.6. The number of hydrogen-bond donors (Lipinski definition) is 3. The summed E-state index contributed by atoms with van der Waals surface area (Å²) in [5.74, 6) is 1.16. The van der Waals surface area contributed by atoms with E-state index in [1.165, 1.54) is 31.7 Å². The van der Waals surface area contributed by atoms with Gasteiger partial charge in [0.2, 0.25) is 5.91 Å². The van der Waals surface area contributed by atoms with Crippen molar-refractivity contribution < 1.29 is 9.18 Å². The number of amides is 1. The molecule has 0 atom stereocenters. The summed E-state index contributed by atoms with van der Waals surface area (Å²) in [6.45, 7) is 6.05. The molecule has 1 fully saturated rings. The Hall–Kier alpha value is -1.38. The van der Waals surface area contributed by atoms with Gasteiger partial charge in [0.1, 0.15) is 5.82 Å². The first-order valence-electron chi connectivity index (χ1n) is 9.62. The Morgan fingerprint density at radius 1 is 1.19 bits per heavy atom. The summed E-state index contributed by atoms with van der Waals surface area (Å²) in [5, 5.41) is 9.32. The van der Waals surface area contributed by atoms with Gasteiger partial charge in [0.25, 0.3) is 0 Å². The molecule has 152 valence electrons. The molecule has 0 heterocycles. The molecule has 7 heteroatoms. The zero-order valence-electron chi connectivity index (χ0n) is 16.3. The van der Waals surface area contributed by atoms with E-state index >= 15 is 0 Å². The Morgan fingerprint density at radius 2 is 1.89 bits per heavy atom. The number of benzene rings is 1. The topological polar surface area (TPSA) is 65.5 Å². The summed E-state index contributed by atoms with van der Waals surface area (Å²) in [5.41, 5.74) is 1.46. The quantitative estimate of drug-likeness (QED) is 0.226. The molecule has 3 N–H and O–H groups in total. The number of aliphatic imine (C=N–C) groups is 1. The van der Waals surface area contributed by atoms with Crippen molar-refractivity contribution in [3.05, 3.63) is 35.1 Å². The monoisotopic (exact) mass is 490 g/mol. The van der Waals surface area contributed by atoms with Crippen LogP contribution in [0.3, 0.4) is 0 Å². The van der Waals surface area contributed by atoms with E-state index in [4.69, 9.17) is 0 Å². The van der Waals surface area contributed by atoms with Gasteiger partial charge in [0.05, 0.1) is 6.54 Å². The standard InChI is InChI=1S/C20H31FN4O.HI/c1-3-22-20(25-14-17-9-8-15(2)18(21)12-17)24-11-10-23-19(26)13-16-6-4-5-7-16;/h8-9,12,16H,3-7,10-11,13-14H2,1-2H3,(H,23,26)(H2,22,24,25);1H. The van der Waals surface area contributed by atoms with E-state index in [0.717, 1.165) is 12.1 Å². The molecular formula is C20H32FIN4O. The lowest BCUT2D eigenvalue weighted by atomic mass is 10.0. The average molecular weight is 490 g/mol. The SMILES string of the molecule is CCNC(=NCc1ccc(C)c(F)c1)NCCNC(=O)CC1CCCC1.I. The maximum Gasteiger partial charge on any atom is 0.220 e. The lowest BCUT2D eigenvalue weighted by Gasteiger charge is -2.13. The normalized spacial score (nSPS) is 14.6. The highest BCUT2D eigenvalue weighted by molar-refractivity contribution is 14.0. The fourth-order valence-corrected chi connectivity index (χ4v) is 3.18. The van der Waals surface area contributed by atoms with Crippen LogP contribution in [-0.2, 0) is 11.3 Å². The number of guanidine groups is 1. The van der Waals surface area contributed by atoms with E-state index in [9.17, 15) is 9.18 Å². The van der Waals surface area contributed by atoms with E-state index in [1.807, 2.05) is 13.0 Å². The minimum absolute atomic E-state index is 0. The molecule has 5 nitrogen and oxygen atoms in total. The van der Waals surface area contributed by atoms with Crippen LogP contribution in [0.15, 0.2) is 23.2 Å². The number of halogens is 2. The summed E-state index contributed by atoms with van der Waals surface area (Å²) in [4.78, 5) is 16.4. The average Bonchev–Trinajstić information content (AvgIpc) is 3.12. The zero-order chi connectivity index (χ0) is 18.8. The summed E-state index contributed by atoms with van der Waals surface area (Å²) < 4.78 is 13.6. The molecule has 0 radical (unpaired) electrons. The third-order valence-corrected chi connectivity index (χ3v) is 4.69. The molecule has 1 aromatic rings. The van der Waals surface area contributed by atoms with Gasteiger partial charge in [0, 0.05) is 26.1 Å². The predicted octanol–water partition coefficient (Wildman–Crippen LogP) is 3.50. The predicted molar refractivity (Wildman–Crippen MR) is 119 cm³/mol. The summed E-state index contributed by atoms with van der Waals surface area (Å²) in [6, 6.07) is 5.17. The Bertz CT molecular complexity index is 618. The largest absolute Gasteiger partial charge is 0.357 e. The maximum atomic E-state index is 13.6. The Labute approximate surface area is 179 Å². The second kappa shape index (κ2) is 12.9. The maximum absolute atomic E-state index is 13.6. The van der Waals surface area contributed by atoms with E-state index in [0.29, 0.717) is 43.5 Å². The van der Waals surface area contributed by atoms with Crippen molar-refractivity contribution in [2.24, 2.45) is 10.9 Å².